The number of halogens is 1. The van der Waals surface area contributed by atoms with Gasteiger partial charge in [0.15, 0.2) is 0 Å². The Morgan fingerprint density at radius 1 is 1.12 bits per heavy atom. The van der Waals surface area contributed by atoms with Crippen molar-refractivity contribution in [1.29, 1.82) is 0 Å². The van der Waals surface area contributed by atoms with Crippen molar-refractivity contribution < 1.29 is 13.2 Å². The van der Waals surface area contributed by atoms with Crippen LogP contribution in [0.3, 0.4) is 0 Å². The van der Waals surface area contributed by atoms with E-state index in [1.54, 1.807) is 24.3 Å². The number of aromatic amines is 1. The maximum atomic E-state index is 12.8. The predicted octanol–water partition coefficient (Wildman–Crippen LogP) is 2.90. The minimum Gasteiger partial charge on any atom is -0.379 e. The summed E-state index contributed by atoms with van der Waals surface area (Å²) in [4.78, 5) is 7.95. The van der Waals surface area contributed by atoms with E-state index >= 15 is 0 Å². The third-order valence-electron chi connectivity index (χ3n) is 4.16. The molecule has 1 aromatic heterocycles. The van der Waals surface area contributed by atoms with Gasteiger partial charge in [-0.3, -0.25) is 0 Å². The predicted molar refractivity (Wildman–Crippen MR) is 96.1 cm³/mol. The molecule has 130 valence electrons. The first-order valence-electron chi connectivity index (χ1n) is 7.88. The summed E-state index contributed by atoms with van der Waals surface area (Å²) < 4.78 is 32.2. The summed E-state index contributed by atoms with van der Waals surface area (Å²) in [6.45, 7) is 1.59. The number of hydrogen-bond donors (Lipinski definition) is 1. The molecule has 0 spiro atoms. The number of fused-ring (bicyclic) bond motifs is 1. The highest BCUT2D eigenvalue weighted by Crippen LogP contribution is 2.26. The van der Waals surface area contributed by atoms with Gasteiger partial charge in [-0.25, -0.2) is 13.4 Å². The van der Waals surface area contributed by atoms with Crippen LogP contribution in [0, 0.1) is 0 Å². The highest BCUT2D eigenvalue weighted by Gasteiger charge is 2.26. The number of morpholine rings is 1. The lowest BCUT2D eigenvalue weighted by molar-refractivity contribution is 0.0730. The molecule has 0 bridgehead atoms. The third kappa shape index (κ3) is 3.16. The van der Waals surface area contributed by atoms with Gasteiger partial charge in [0.05, 0.1) is 29.1 Å². The summed E-state index contributed by atoms with van der Waals surface area (Å²) in [5, 5.41) is 0.619. The second kappa shape index (κ2) is 6.42. The lowest BCUT2D eigenvalue weighted by atomic mass is 10.2. The third-order valence-corrected chi connectivity index (χ3v) is 6.29. The van der Waals surface area contributed by atoms with Gasteiger partial charge in [0.1, 0.15) is 5.82 Å². The van der Waals surface area contributed by atoms with Crippen molar-refractivity contribution in [2.75, 3.05) is 26.3 Å². The van der Waals surface area contributed by atoms with E-state index in [0.29, 0.717) is 48.2 Å². The molecule has 2 aromatic carbocycles. The normalized spacial score (nSPS) is 16.4. The van der Waals surface area contributed by atoms with Crippen molar-refractivity contribution in [2.24, 2.45) is 0 Å². The fourth-order valence-electron chi connectivity index (χ4n) is 2.86. The van der Waals surface area contributed by atoms with E-state index in [2.05, 4.69) is 9.97 Å². The quantitative estimate of drug-likeness (QED) is 0.761. The van der Waals surface area contributed by atoms with E-state index in [9.17, 15) is 8.42 Å². The topological polar surface area (TPSA) is 75.3 Å². The Bertz CT molecular complexity index is 1030. The summed E-state index contributed by atoms with van der Waals surface area (Å²) in [5.74, 6) is 0.651. The molecular weight excluding hydrogens is 362 g/mol. The van der Waals surface area contributed by atoms with Crippen LogP contribution in [-0.2, 0) is 14.8 Å². The fraction of sp³-hybridized carbons (Fsp3) is 0.235. The van der Waals surface area contributed by atoms with E-state index in [4.69, 9.17) is 16.3 Å². The van der Waals surface area contributed by atoms with Crippen molar-refractivity contribution in [3.63, 3.8) is 0 Å². The molecule has 0 aliphatic carbocycles. The van der Waals surface area contributed by atoms with Gasteiger partial charge in [0, 0.05) is 23.7 Å². The molecule has 1 N–H and O–H groups in total. The lowest BCUT2D eigenvalue weighted by Gasteiger charge is -2.25. The standard InChI is InChI=1S/C17H16ClN3O3S/c18-13-3-1-2-12(10-13)17-19-15-5-4-14(11-16(15)20-17)25(22,23)21-6-8-24-9-7-21/h1-5,10-11H,6-9H2,(H,19,20). The van der Waals surface area contributed by atoms with Crippen LogP contribution in [0.4, 0.5) is 0 Å². The van der Waals surface area contributed by atoms with Crippen molar-refractivity contribution in [2.45, 2.75) is 4.90 Å². The number of aromatic nitrogens is 2. The SMILES string of the molecule is O=S(=O)(c1ccc2nc(-c3cccc(Cl)c3)[nH]c2c1)N1CCOCC1. The molecule has 0 radical (unpaired) electrons. The molecule has 1 aliphatic heterocycles. The van der Waals surface area contributed by atoms with E-state index in [1.165, 1.54) is 4.31 Å². The lowest BCUT2D eigenvalue weighted by Crippen LogP contribution is -2.40. The molecule has 3 aromatic rings. The van der Waals surface area contributed by atoms with Gasteiger partial charge in [-0.05, 0) is 30.3 Å². The molecule has 0 atom stereocenters. The average Bonchev–Trinajstić information content (AvgIpc) is 3.06. The van der Waals surface area contributed by atoms with Gasteiger partial charge in [-0.1, -0.05) is 23.7 Å². The highest BCUT2D eigenvalue weighted by molar-refractivity contribution is 7.89. The number of ether oxygens (including phenoxy) is 1. The Morgan fingerprint density at radius 2 is 1.92 bits per heavy atom. The highest BCUT2D eigenvalue weighted by atomic mass is 35.5. The Morgan fingerprint density at radius 3 is 2.68 bits per heavy atom. The molecule has 25 heavy (non-hydrogen) atoms. The van der Waals surface area contributed by atoms with Crippen LogP contribution in [0.1, 0.15) is 0 Å². The zero-order valence-corrected chi connectivity index (χ0v) is 14.8. The molecule has 0 unspecified atom stereocenters. The summed E-state index contributed by atoms with van der Waals surface area (Å²) in [7, 11) is -3.53. The zero-order chi connectivity index (χ0) is 17.4. The molecule has 8 heteroatoms. The number of benzene rings is 2. The van der Waals surface area contributed by atoms with Crippen molar-refractivity contribution in [3.05, 3.63) is 47.5 Å². The second-order valence-electron chi connectivity index (χ2n) is 5.79. The molecule has 0 amide bonds. The molecule has 6 nitrogen and oxygen atoms in total. The molecule has 2 heterocycles. The number of nitrogens with one attached hydrogen (secondary N) is 1. The summed E-state index contributed by atoms with van der Waals surface area (Å²) in [6.07, 6.45) is 0. The van der Waals surface area contributed by atoms with Crippen molar-refractivity contribution in [1.82, 2.24) is 14.3 Å². The molecule has 1 aliphatic rings. The van der Waals surface area contributed by atoms with Gasteiger partial charge >= 0.3 is 0 Å². The zero-order valence-electron chi connectivity index (χ0n) is 13.3. The van der Waals surface area contributed by atoms with Gasteiger partial charge in [0.25, 0.3) is 0 Å². The number of sulfonamides is 1. The van der Waals surface area contributed by atoms with Crippen LogP contribution in [0.5, 0.6) is 0 Å². The van der Waals surface area contributed by atoms with Crippen LogP contribution in [0.15, 0.2) is 47.4 Å². The maximum Gasteiger partial charge on any atom is 0.243 e. The Labute approximate surface area is 150 Å². The molecule has 1 saturated heterocycles. The summed E-state index contributed by atoms with van der Waals surface area (Å²) in [6, 6.07) is 12.3. The molecule has 0 saturated carbocycles. The van der Waals surface area contributed by atoms with Crippen molar-refractivity contribution in [3.8, 4) is 11.4 Å². The van der Waals surface area contributed by atoms with E-state index in [-0.39, 0.29) is 4.90 Å². The largest absolute Gasteiger partial charge is 0.379 e. The number of imidazole rings is 1. The minimum atomic E-state index is -3.53. The van der Waals surface area contributed by atoms with Crippen LogP contribution in [0.25, 0.3) is 22.4 Å². The number of hydrogen-bond acceptors (Lipinski definition) is 4. The number of rotatable bonds is 3. The average molecular weight is 378 g/mol. The van der Waals surface area contributed by atoms with E-state index < -0.39 is 10.0 Å². The van der Waals surface area contributed by atoms with Gasteiger partial charge in [-0.15, -0.1) is 0 Å². The van der Waals surface area contributed by atoms with Crippen LogP contribution >= 0.6 is 11.6 Å². The maximum absolute atomic E-state index is 12.8. The monoisotopic (exact) mass is 377 g/mol. The number of nitrogens with zero attached hydrogens (tertiary/aromatic N) is 2. The Kier molecular flexibility index (Phi) is 4.24. The first-order chi connectivity index (χ1) is 12.0. The van der Waals surface area contributed by atoms with Crippen LogP contribution in [-0.4, -0.2) is 49.0 Å². The molecular formula is C17H16ClN3O3S. The van der Waals surface area contributed by atoms with Crippen LogP contribution < -0.4 is 0 Å². The first-order valence-corrected chi connectivity index (χ1v) is 9.69. The smallest absolute Gasteiger partial charge is 0.243 e. The summed E-state index contributed by atoms with van der Waals surface area (Å²) in [5.41, 5.74) is 2.22. The fourth-order valence-corrected chi connectivity index (χ4v) is 4.48. The Hall–Kier alpha value is -1.93. The number of H-pyrrole nitrogens is 1. The van der Waals surface area contributed by atoms with Crippen LogP contribution in [0.2, 0.25) is 5.02 Å². The van der Waals surface area contributed by atoms with Gasteiger partial charge in [0.2, 0.25) is 10.0 Å². The van der Waals surface area contributed by atoms with Gasteiger partial charge < -0.3 is 9.72 Å². The molecule has 4 rings (SSSR count). The minimum absolute atomic E-state index is 0.253. The summed E-state index contributed by atoms with van der Waals surface area (Å²) >= 11 is 6.03. The van der Waals surface area contributed by atoms with E-state index in [1.807, 2.05) is 18.2 Å². The Balaban J connectivity index is 1.73. The van der Waals surface area contributed by atoms with Gasteiger partial charge in [-0.2, -0.15) is 4.31 Å². The first kappa shape index (κ1) is 16.5. The molecule has 1 fully saturated rings. The second-order valence-corrected chi connectivity index (χ2v) is 8.17. The van der Waals surface area contributed by atoms with Crippen molar-refractivity contribution >= 4 is 32.7 Å². The van der Waals surface area contributed by atoms with E-state index in [0.717, 1.165) is 5.56 Å².